The van der Waals surface area contributed by atoms with Crippen molar-refractivity contribution in [2.24, 2.45) is 5.73 Å². The molecular weight excluding hydrogens is 383 g/mol. The summed E-state index contributed by atoms with van der Waals surface area (Å²) in [5, 5.41) is 14.0. The molecule has 0 saturated heterocycles. The zero-order chi connectivity index (χ0) is 20.3. The second-order valence-electron chi connectivity index (χ2n) is 6.73. The van der Waals surface area contributed by atoms with E-state index in [1.165, 1.54) is 0 Å². The molecule has 8 nitrogen and oxygen atoms in total. The van der Waals surface area contributed by atoms with Gasteiger partial charge in [-0.2, -0.15) is 0 Å². The monoisotopic (exact) mass is 406 g/mol. The number of benzene rings is 2. The Labute approximate surface area is 161 Å². The van der Waals surface area contributed by atoms with Crippen LogP contribution >= 0.6 is 7.60 Å². The molecule has 0 aliphatic heterocycles. The van der Waals surface area contributed by atoms with E-state index in [2.05, 4.69) is 5.32 Å². The van der Waals surface area contributed by atoms with Crippen molar-refractivity contribution in [2.45, 2.75) is 31.1 Å². The van der Waals surface area contributed by atoms with E-state index in [-0.39, 0.29) is 19.4 Å². The number of carboxylic acids is 1. The van der Waals surface area contributed by atoms with Crippen molar-refractivity contribution in [3.05, 3.63) is 48.0 Å². The predicted octanol–water partition coefficient (Wildman–Crippen LogP) is 2.41. The second kappa shape index (κ2) is 8.43. The summed E-state index contributed by atoms with van der Waals surface area (Å²) in [6.07, 6.45) is 0.522. The van der Waals surface area contributed by atoms with Crippen molar-refractivity contribution in [1.29, 1.82) is 0 Å². The van der Waals surface area contributed by atoms with E-state index in [1.807, 2.05) is 30.3 Å². The minimum Gasteiger partial charge on any atom is -0.480 e. The van der Waals surface area contributed by atoms with E-state index < -0.39 is 25.4 Å². The van der Waals surface area contributed by atoms with E-state index in [1.54, 1.807) is 12.1 Å². The highest BCUT2D eigenvalue weighted by Gasteiger charge is 2.32. The molecule has 0 spiro atoms. The molecule has 0 bridgehead atoms. The molecule has 0 aliphatic carbocycles. The number of nitrogens with two attached hydrogens (primary N) is 1. The molecule has 1 heterocycles. The Morgan fingerprint density at radius 3 is 2.54 bits per heavy atom. The Morgan fingerprint density at radius 2 is 1.86 bits per heavy atom. The van der Waals surface area contributed by atoms with Crippen LogP contribution in [0.5, 0.6) is 0 Å². The molecule has 1 unspecified atom stereocenters. The highest BCUT2D eigenvalue weighted by atomic mass is 31.2. The number of hydrogen-bond acceptors (Lipinski definition) is 5. The zero-order valence-electron chi connectivity index (χ0n) is 15.1. The molecule has 0 amide bonds. The number of rotatable bonds is 9. The van der Waals surface area contributed by atoms with Crippen LogP contribution in [0.3, 0.4) is 0 Å². The molecule has 3 aromatic rings. The first-order valence-electron chi connectivity index (χ1n) is 8.94. The first-order chi connectivity index (χ1) is 13.3. The first-order valence-corrected chi connectivity index (χ1v) is 10.6. The highest BCUT2D eigenvalue weighted by molar-refractivity contribution is 7.52. The minimum absolute atomic E-state index is 0.0570. The number of carbonyl (C=O) groups is 1. The average Bonchev–Trinajstić information content (AvgIpc) is 3.00. The van der Waals surface area contributed by atoms with E-state index in [4.69, 9.17) is 10.2 Å². The van der Waals surface area contributed by atoms with E-state index in [9.17, 15) is 24.3 Å². The Bertz CT molecular complexity index is 1030. The van der Waals surface area contributed by atoms with Crippen LogP contribution in [0, 0.1) is 0 Å². The number of hydrogen-bond donors (Lipinski definition) is 5. The minimum atomic E-state index is -4.51. The number of furan rings is 1. The van der Waals surface area contributed by atoms with Gasteiger partial charge in [0.25, 0.3) is 0 Å². The number of aliphatic carboxylic acids is 1. The summed E-state index contributed by atoms with van der Waals surface area (Å²) in [7, 11) is -4.51. The molecule has 9 heteroatoms. The van der Waals surface area contributed by atoms with Gasteiger partial charge in [0.2, 0.25) is 0 Å². The van der Waals surface area contributed by atoms with Gasteiger partial charge in [-0.25, -0.2) is 0 Å². The summed E-state index contributed by atoms with van der Waals surface area (Å²) in [6, 6.07) is 11.9. The van der Waals surface area contributed by atoms with Gasteiger partial charge < -0.3 is 25.0 Å². The van der Waals surface area contributed by atoms with Gasteiger partial charge in [-0.3, -0.25) is 14.7 Å². The molecule has 0 aliphatic rings. The Kier molecular flexibility index (Phi) is 6.17. The van der Waals surface area contributed by atoms with Crippen molar-refractivity contribution in [3.8, 4) is 0 Å². The molecule has 2 aromatic carbocycles. The fourth-order valence-corrected chi connectivity index (χ4v) is 4.14. The maximum atomic E-state index is 11.7. The highest BCUT2D eigenvalue weighted by Crippen LogP contribution is 2.42. The normalized spacial score (nSPS) is 14.4. The lowest BCUT2D eigenvalue weighted by atomic mass is 10.0. The van der Waals surface area contributed by atoms with E-state index >= 15 is 0 Å². The second-order valence-corrected chi connectivity index (χ2v) is 8.53. The van der Waals surface area contributed by atoms with Gasteiger partial charge >= 0.3 is 13.6 Å². The summed E-state index contributed by atoms with van der Waals surface area (Å²) < 4.78 is 17.5. The molecule has 0 saturated carbocycles. The van der Waals surface area contributed by atoms with Gasteiger partial charge in [0.05, 0.1) is 0 Å². The van der Waals surface area contributed by atoms with Gasteiger partial charge in [0.15, 0.2) is 0 Å². The van der Waals surface area contributed by atoms with Crippen LogP contribution in [0.15, 0.2) is 46.9 Å². The number of nitrogens with one attached hydrogen (secondary N) is 1. The molecule has 0 fully saturated rings. The Morgan fingerprint density at radius 1 is 1.14 bits per heavy atom. The molecule has 2 atom stereocenters. The summed E-state index contributed by atoms with van der Waals surface area (Å²) >= 11 is 0. The smallest absolute Gasteiger partial charge is 0.342 e. The quantitative estimate of drug-likeness (QED) is 0.341. The molecule has 150 valence electrons. The summed E-state index contributed by atoms with van der Waals surface area (Å²) in [6.45, 7) is 0.263. The van der Waals surface area contributed by atoms with Crippen LogP contribution < -0.4 is 11.1 Å². The maximum Gasteiger partial charge on any atom is 0.342 e. The van der Waals surface area contributed by atoms with Crippen molar-refractivity contribution in [3.63, 3.8) is 0 Å². The summed E-state index contributed by atoms with van der Waals surface area (Å²) in [5.41, 5.74) is 7.48. The summed E-state index contributed by atoms with van der Waals surface area (Å²) in [4.78, 5) is 30.7. The van der Waals surface area contributed by atoms with E-state index in [0.717, 1.165) is 16.4 Å². The first kappa shape index (κ1) is 20.5. The Balaban J connectivity index is 1.84. The number of para-hydroxylation sites is 1. The maximum absolute atomic E-state index is 11.7. The molecule has 0 radical (unpaired) electrons. The number of fused-ring (bicyclic) bond motifs is 3. The van der Waals surface area contributed by atoms with Gasteiger partial charge in [0.1, 0.15) is 23.0 Å². The lowest BCUT2D eigenvalue weighted by Crippen LogP contribution is -2.44. The van der Waals surface area contributed by atoms with E-state index in [0.29, 0.717) is 17.6 Å². The lowest BCUT2D eigenvalue weighted by Gasteiger charge is -2.24. The van der Waals surface area contributed by atoms with Crippen LogP contribution in [0.25, 0.3) is 21.9 Å². The van der Waals surface area contributed by atoms with Crippen LogP contribution in [0.2, 0.25) is 0 Å². The van der Waals surface area contributed by atoms with Crippen molar-refractivity contribution < 1.29 is 28.7 Å². The largest absolute Gasteiger partial charge is 0.480 e. The number of carboxylic acid groups (broad SMARTS) is 1. The molecule has 6 N–H and O–H groups in total. The lowest BCUT2D eigenvalue weighted by molar-refractivity contribution is -0.139. The topological polar surface area (TPSA) is 146 Å². The van der Waals surface area contributed by atoms with Crippen molar-refractivity contribution in [1.82, 2.24) is 5.32 Å². The molecular formula is C19H23N2O6P. The van der Waals surface area contributed by atoms with Crippen molar-refractivity contribution in [2.75, 3.05) is 6.54 Å². The van der Waals surface area contributed by atoms with Crippen LogP contribution in [0.1, 0.15) is 18.4 Å². The van der Waals surface area contributed by atoms with Gasteiger partial charge in [-0.1, -0.05) is 30.3 Å². The van der Waals surface area contributed by atoms with Crippen LogP contribution in [0.4, 0.5) is 0 Å². The van der Waals surface area contributed by atoms with Crippen LogP contribution in [-0.2, 0) is 15.8 Å². The summed E-state index contributed by atoms with van der Waals surface area (Å²) in [5.74, 6) is -2.44. The Hall–Kier alpha value is -2.22. The third kappa shape index (κ3) is 4.60. The van der Waals surface area contributed by atoms with Gasteiger partial charge in [-0.15, -0.1) is 0 Å². The fourth-order valence-electron chi connectivity index (χ4n) is 3.24. The third-order valence-corrected chi connectivity index (χ3v) is 5.88. The molecule has 3 rings (SSSR count). The molecule has 1 aromatic heterocycles. The zero-order valence-corrected chi connectivity index (χ0v) is 16.0. The third-order valence-electron chi connectivity index (χ3n) is 4.66. The average molecular weight is 406 g/mol. The van der Waals surface area contributed by atoms with Crippen molar-refractivity contribution >= 4 is 35.5 Å². The molecule has 28 heavy (non-hydrogen) atoms. The van der Waals surface area contributed by atoms with Gasteiger partial charge in [-0.05, 0) is 43.5 Å². The van der Waals surface area contributed by atoms with Gasteiger partial charge in [0, 0.05) is 10.8 Å². The SMILES string of the molecule is NCCCC(N[C@@H](Cc1ccc2c(c1)oc1ccccc12)C(=O)O)P(=O)(O)O. The standard InChI is InChI=1S/C19H23N2O6P/c20-9-3-6-18(28(24,25)26)21-15(19(22)23)10-12-7-8-14-13-4-1-2-5-16(13)27-17(14)11-12/h1-2,4-5,7-8,11,15,18,21H,3,6,9-10,20H2,(H,22,23)(H2,24,25,26)/t15-,18?/m0/s1. The fraction of sp³-hybridized carbons (Fsp3) is 0.316. The van der Waals surface area contributed by atoms with Crippen LogP contribution in [-0.4, -0.2) is 39.2 Å². The predicted molar refractivity (Wildman–Crippen MR) is 106 cm³/mol.